The van der Waals surface area contributed by atoms with Crippen molar-refractivity contribution < 1.29 is 18.7 Å². The van der Waals surface area contributed by atoms with Crippen LogP contribution in [-0.4, -0.2) is 101 Å². The van der Waals surface area contributed by atoms with E-state index >= 15 is 0 Å². The van der Waals surface area contributed by atoms with Gasteiger partial charge in [-0.1, -0.05) is 6.07 Å². The highest BCUT2D eigenvalue weighted by Crippen LogP contribution is 2.32. The standard InChI is InChI=1S/C37H38FN9O3/c1-45(2)28-13-16-47(17-14-28)36(48)24-5-9-27(10-6-24)41-37(49)43-32-12-8-26(23-40-32)34-42-31-22-25(29-4-3-15-39-33(29)38)7-11-30(31)35(44-34)46-18-20-50-21-19-46/h3-12,15,22-23,28H,13-14,16-21H2,1-2H3,(H2,40,41,43,49). The number of halogens is 1. The number of amides is 3. The van der Waals surface area contributed by atoms with Crippen molar-refractivity contribution in [1.82, 2.24) is 29.7 Å². The van der Waals surface area contributed by atoms with E-state index in [1.165, 1.54) is 6.20 Å². The SMILES string of the molecule is CN(C)C1CCN(C(=O)c2ccc(NC(=O)Nc3ccc(-c4nc(N5CCOCC5)c5ccc(-c6cccnc6F)cc5n4)cn3)cc2)CC1. The molecule has 0 bridgehead atoms. The first kappa shape index (κ1) is 33.0. The molecule has 5 heterocycles. The molecule has 0 radical (unpaired) electrons. The summed E-state index contributed by atoms with van der Waals surface area (Å²) < 4.78 is 20.1. The number of urea groups is 1. The number of pyridine rings is 2. The maximum absolute atomic E-state index is 14.6. The molecule has 0 atom stereocenters. The van der Waals surface area contributed by atoms with E-state index in [0.29, 0.717) is 77.4 Å². The molecule has 2 aliphatic heterocycles. The molecule has 0 aliphatic carbocycles. The van der Waals surface area contributed by atoms with E-state index in [1.54, 1.807) is 54.7 Å². The Kier molecular flexibility index (Phi) is 9.58. The van der Waals surface area contributed by atoms with Crippen molar-refractivity contribution in [1.29, 1.82) is 0 Å². The highest BCUT2D eigenvalue weighted by atomic mass is 19.1. The van der Waals surface area contributed by atoms with E-state index in [0.717, 1.165) is 37.1 Å². The molecule has 5 aromatic rings. The van der Waals surface area contributed by atoms with Crippen molar-refractivity contribution in [2.45, 2.75) is 18.9 Å². The van der Waals surface area contributed by atoms with Crippen molar-refractivity contribution in [3.05, 3.63) is 90.6 Å². The number of carbonyl (C=O) groups excluding carboxylic acids is 2. The zero-order chi connectivity index (χ0) is 34.6. The first-order valence-electron chi connectivity index (χ1n) is 16.7. The fraction of sp³-hybridized carbons (Fsp3) is 0.297. The van der Waals surface area contributed by atoms with Gasteiger partial charge in [0.05, 0.1) is 18.7 Å². The molecule has 0 saturated carbocycles. The third kappa shape index (κ3) is 7.24. The molecule has 3 aromatic heterocycles. The zero-order valence-corrected chi connectivity index (χ0v) is 28.0. The smallest absolute Gasteiger partial charge is 0.324 e. The van der Waals surface area contributed by atoms with Gasteiger partial charge in [0.25, 0.3) is 5.91 Å². The van der Waals surface area contributed by atoms with Crippen LogP contribution < -0.4 is 15.5 Å². The molecular weight excluding hydrogens is 637 g/mol. The summed E-state index contributed by atoms with van der Waals surface area (Å²) in [5.74, 6) is 0.989. The Morgan fingerprint density at radius 2 is 1.64 bits per heavy atom. The Morgan fingerprint density at radius 3 is 2.34 bits per heavy atom. The fourth-order valence-corrected chi connectivity index (χ4v) is 6.37. The average Bonchev–Trinajstić information content (AvgIpc) is 3.15. The summed E-state index contributed by atoms with van der Waals surface area (Å²) in [6, 6.07) is 19.4. The predicted octanol–water partition coefficient (Wildman–Crippen LogP) is 5.54. The summed E-state index contributed by atoms with van der Waals surface area (Å²) >= 11 is 0. The minimum absolute atomic E-state index is 0.00205. The van der Waals surface area contributed by atoms with Gasteiger partial charge in [0.1, 0.15) is 11.6 Å². The average molecular weight is 676 g/mol. The van der Waals surface area contributed by atoms with Crippen LogP contribution in [0, 0.1) is 5.95 Å². The van der Waals surface area contributed by atoms with Crippen LogP contribution in [0.15, 0.2) is 79.1 Å². The number of piperidine rings is 1. The lowest BCUT2D eigenvalue weighted by Gasteiger charge is -2.35. The van der Waals surface area contributed by atoms with Gasteiger partial charge in [-0.15, -0.1) is 0 Å². The van der Waals surface area contributed by atoms with Crippen molar-refractivity contribution in [2.24, 2.45) is 0 Å². The van der Waals surface area contributed by atoms with Crippen molar-refractivity contribution in [3.63, 3.8) is 0 Å². The number of rotatable bonds is 7. The largest absolute Gasteiger partial charge is 0.378 e. The van der Waals surface area contributed by atoms with E-state index in [9.17, 15) is 14.0 Å². The maximum atomic E-state index is 14.6. The summed E-state index contributed by atoms with van der Waals surface area (Å²) in [5.41, 5.74) is 3.48. The van der Waals surface area contributed by atoms with Crippen LogP contribution in [0.4, 0.5) is 26.5 Å². The quantitative estimate of drug-likeness (QED) is 0.214. The first-order valence-corrected chi connectivity index (χ1v) is 16.7. The molecule has 0 unspecified atom stereocenters. The van der Waals surface area contributed by atoms with Crippen LogP contribution in [0.2, 0.25) is 0 Å². The number of hydrogen-bond acceptors (Lipinski definition) is 9. The van der Waals surface area contributed by atoms with E-state index in [2.05, 4.69) is 44.5 Å². The number of benzene rings is 2. The van der Waals surface area contributed by atoms with Gasteiger partial charge in [0.15, 0.2) is 5.82 Å². The van der Waals surface area contributed by atoms with Crippen molar-refractivity contribution >= 4 is 40.2 Å². The van der Waals surface area contributed by atoms with Gasteiger partial charge in [-0.25, -0.2) is 24.7 Å². The Labute approximate surface area is 289 Å². The molecule has 50 heavy (non-hydrogen) atoms. The lowest BCUT2D eigenvalue weighted by Crippen LogP contribution is -2.44. The molecule has 2 N–H and O–H groups in total. The maximum Gasteiger partial charge on any atom is 0.324 e. The molecule has 2 aliphatic rings. The number of morpholine rings is 1. The lowest BCUT2D eigenvalue weighted by molar-refractivity contribution is 0.0663. The molecule has 2 saturated heterocycles. The van der Waals surface area contributed by atoms with Crippen LogP contribution >= 0.6 is 0 Å². The monoisotopic (exact) mass is 675 g/mol. The first-order chi connectivity index (χ1) is 24.3. The van der Waals surface area contributed by atoms with E-state index in [1.807, 2.05) is 23.1 Å². The zero-order valence-electron chi connectivity index (χ0n) is 28.0. The lowest BCUT2D eigenvalue weighted by atomic mass is 10.0. The van der Waals surface area contributed by atoms with Crippen molar-refractivity contribution in [3.8, 4) is 22.5 Å². The van der Waals surface area contributed by atoms with Gasteiger partial charge in [-0.2, -0.15) is 4.39 Å². The minimum Gasteiger partial charge on any atom is -0.378 e. The molecule has 3 amide bonds. The normalized spacial score (nSPS) is 15.4. The molecule has 7 rings (SSSR count). The summed E-state index contributed by atoms with van der Waals surface area (Å²) in [4.78, 5) is 50.1. The highest BCUT2D eigenvalue weighted by Gasteiger charge is 2.25. The van der Waals surface area contributed by atoms with Gasteiger partial charge in [-0.05, 0) is 93.2 Å². The number of carbonyl (C=O) groups is 2. The Morgan fingerprint density at radius 1 is 0.880 bits per heavy atom. The molecule has 12 nitrogen and oxygen atoms in total. The summed E-state index contributed by atoms with van der Waals surface area (Å²) in [7, 11) is 4.15. The molecule has 2 fully saturated rings. The summed E-state index contributed by atoms with van der Waals surface area (Å²) in [5, 5.41) is 6.39. The van der Waals surface area contributed by atoms with Gasteiger partial charge in [0, 0.05) is 72.4 Å². The van der Waals surface area contributed by atoms with Crippen LogP contribution in [-0.2, 0) is 4.74 Å². The Bertz CT molecular complexity index is 1990. The van der Waals surface area contributed by atoms with E-state index in [4.69, 9.17) is 14.7 Å². The highest BCUT2D eigenvalue weighted by molar-refractivity contribution is 6.00. The number of hydrogen-bond donors (Lipinski definition) is 2. The Hall–Kier alpha value is -5.53. The molecular formula is C37H38FN9O3. The van der Waals surface area contributed by atoms with Gasteiger partial charge in [-0.3, -0.25) is 10.1 Å². The number of likely N-dealkylation sites (tertiary alicyclic amines) is 1. The summed E-state index contributed by atoms with van der Waals surface area (Å²) in [6.45, 7) is 3.98. The van der Waals surface area contributed by atoms with Gasteiger partial charge in [0.2, 0.25) is 5.95 Å². The number of nitrogens with one attached hydrogen (secondary N) is 2. The van der Waals surface area contributed by atoms with Gasteiger partial charge >= 0.3 is 6.03 Å². The summed E-state index contributed by atoms with van der Waals surface area (Å²) in [6.07, 6.45) is 4.93. The minimum atomic E-state index is -0.551. The molecule has 256 valence electrons. The molecule has 2 aromatic carbocycles. The van der Waals surface area contributed by atoms with Crippen LogP contribution in [0.1, 0.15) is 23.2 Å². The molecule has 0 spiro atoms. The topological polar surface area (TPSA) is 129 Å². The second kappa shape index (κ2) is 14.5. The predicted molar refractivity (Wildman–Crippen MR) is 191 cm³/mol. The van der Waals surface area contributed by atoms with E-state index < -0.39 is 12.0 Å². The number of ether oxygens (including phenoxy) is 1. The van der Waals surface area contributed by atoms with Gasteiger partial charge < -0.3 is 24.8 Å². The van der Waals surface area contributed by atoms with E-state index in [-0.39, 0.29) is 5.91 Å². The number of anilines is 3. The van der Waals surface area contributed by atoms with Crippen molar-refractivity contribution in [2.75, 3.05) is 69.0 Å². The van der Waals surface area contributed by atoms with Crippen LogP contribution in [0.5, 0.6) is 0 Å². The fourth-order valence-electron chi connectivity index (χ4n) is 6.37. The van der Waals surface area contributed by atoms with Crippen LogP contribution in [0.3, 0.4) is 0 Å². The second-order valence-corrected chi connectivity index (χ2v) is 12.6. The van der Waals surface area contributed by atoms with Crippen LogP contribution in [0.25, 0.3) is 33.4 Å². The number of fused-ring (bicyclic) bond motifs is 1. The number of nitrogens with zero attached hydrogens (tertiary/aromatic N) is 7. The number of aromatic nitrogens is 4. The third-order valence-corrected chi connectivity index (χ3v) is 9.19. The third-order valence-electron chi connectivity index (χ3n) is 9.19. The Balaban J connectivity index is 1.04. The second-order valence-electron chi connectivity index (χ2n) is 12.6. The molecule has 13 heteroatoms.